The van der Waals surface area contributed by atoms with Crippen LogP contribution in [-0.2, 0) is 5.75 Å². The molecule has 0 saturated carbocycles. The van der Waals surface area contributed by atoms with Gasteiger partial charge in [0.1, 0.15) is 0 Å². The van der Waals surface area contributed by atoms with Crippen molar-refractivity contribution in [1.29, 1.82) is 0 Å². The molecule has 30 heavy (non-hydrogen) atoms. The van der Waals surface area contributed by atoms with Crippen LogP contribution < -0.4 is 10.5 Å². The Hall–Kier alpha value is -3.64. The lowest BCUT2D eigenvalue weighted by molar-refractivity contribution is 0.100. The number of fused-ring (bicyclic) bond motifs is 2. The number of para-hydroxylation sites is 3. The molecule has 6 heteroatoms. The van der Waals surface area contributed by atoms with E-state index in [0.717, 1.165) is 22.7 Å². The first kappa shape index (κ1) is 18.4. The number of pyridine rings is 1. The quantitative estimate of drug-likeness (QED) is 0.498. The number of thioether (sulfide) groups is 1. The largest absolute Gasteiger partial charge is 0.322 e. The molecular formula is C24H17N3O2S. The number of carbonyl (C=O) groups excluding carboxylic acids is 1. The number of benzene rings is 3. The molecule has 1 amide bonds. The molecule has 146 valence electrons. The van der Waals surface area contributed by atoms with Crippen LogP contribution in [0.1, 0.15) is 15.9 Å². The molecule has 4 aromatic rings. The van der Waals surface area contributed by atoms with E-state index in [1.165, 1.54) is 17.8 Å². The zero-order valence-electron chi connectivity index (χ0n) is 15.9. The van der Waals surface area contributed by atoms with Gasteiger partial charge in [-0.05, 0) is 29.8 Å². The van der Waals surface area contributed by atoms with Gasteiger partial charge in [-0.2, -0.15) is 0 Å². The van der Waals surface area contributed by atoms with E-state index in [1.807, 2.05) is 72.8 Å². The monoisotopic (exact) mass is 411 g/mol. The van der Waals surface area contributed by atoms with E-state index in [2.05, 4.69) is 4.98 Å². The van der Waals surface area contributed by atoms with Gasteiger partial charge in [0.25, 0.3) is 5.91 Å². The Labute approximate surface area is 177 Å². The molecule has 0 atom stereocenters. The Kier molecular flexibility index (Phi) is 4.69. The summed E-state index contributed by atoms with van der Waals surface area (Å²) in [4.78, 5) is 35.2. The third kappa shape index (κ3) is 3.31. The van der Waals surface area contributed by atoms with E-state index in [1.54, 1.807) is 11.0 Å². The molecule has 1 aliphatic rings. The smallest absolute Gasteiger partial charge is 0.265 e. The van der Waals surface area contributed by atoms with Gasteiger partial charge in [0.15, 0.2) is 5.17 Å². The van der Waals surface area contributed by atoms with Crippen LogP contribution in [0.5, 0.6) is 0 Å². The molecule has 0 unspecified atom stereocenters. The van der Waals surface area contributed by atoms with E-state index in [-0.39, 0.29) is 11.5 Å². The van der Waals surface area contributed by atoms with Crippen LogP contribution in [-0.4, -0.2) is 16.1 Å². The van der Waals surface area contributed by atoms with Crippen LogP contribution in [0.15, 0.2) is 94.7 Å². The molecule has 3 aromatic carbocycles. The molecule has 1 aliphatic heterocycles. The molecule has 0 radical (unpaired) electrons. The van der Waals surface area contributed by atoms with Gasteiger partial charge in [-0.1, -0.05) is 66.4 Å². The molecule has 0 bridgehead atoms. The van der Waals surface area contributed by atoms with Crippen LogP contribution in [0, 0.1) is 0 Å². The number of amides is 1. The molecule has 5 nitrogen and oxygen atoms in total. The molecule has 0 fully saturated rings. The number of carbonyl (C=O) groups is 1. The first-order valence-corrected chi connectivity index (χ1v) is 10.5. The second-order valence-corrected chi connectivity index (χ2v) is 7.82. The summed E-state index contributed by atoms with van der Waals surface area (Å²) in [7, 11) is 0. The number of hydrogen-bond donors (Lipinski definition) is 1. The van der Waals surface area contributed by atoms with Crippen molar-refractivity contribution >= 4 is 45.1 Å². The maximum absolute atomic E-state index is 13.8. The van der Waals surface area contributed by atoms with Gasteiger partial charge in [-0.25, -0.2) is 4.99 Å². The Balaban J connectivity index is 1.70. The van der Waals surface area contributed by atoms with Crippen LogP contribution in [0.2, 0.25) is 0 Å². The van der Waals surface area contributed by atoms with Gasteiger partial charge in [0.05, 0.1) is 16.9 Å². The van der Waals surface area contributed by atoms with Gasteiger partial charge >= 0.3 is 0 Å². The second-order valence-electron chi connectivity index (χ2n) is 6.88. The summed E-state index contributed by atoms with van der Waals surface area (Å²) >= 11 is 1.51. The molecular weight excluding hydrogens is 394 g/mol. The average Bonchev–Trinajstić information content (AvgIpc) is 2.78. The molecule has 0 aliphatic carbocycles. The minimum Gasteiger partial charge on any atom is -0.322 e. The summed E-state index contributed by atoms with van der Waals surface area (Å²) in [6.45, 7) is 0. The highest BCUT2D eigenvalue weighted by atomic mass is 32.2. The summed E-state index contributed by atoms with van der Waals surface area (Å²) in [6.07, 6.45) is 0. The highest BCUT2D eigenvalue weighted by Crippen LogP contribution is 2.36. The van der Waals surface area contributed by atoms with E-state index >= 15 is 0 Å². The molecule has 5 rings (SSSR count). The summed E-state index contributed by atoms with van der Waals surface area (Å²) in [6, 6.07) is 26.1. The zero-order valence-corrected chi connectivity index (χ0v) is 16.7. The summed E-state index contributed by atoms with van der Waals surface area (Å²) in [5.41, 5.74) is 3.29. The number of hydrogen-bond acceptors (Lipinski definition) is 4. The fourth-order valence-corrected chi connectivity index (χ4v) is 4.56. The minimum absolute atomic E-state index is 0.272. The highest BCUT2D eigenvalue weighted by molar-refractivity contribution is 8.13. The van der Waals surface area contributed by atoms with E-state index in [9.17, 15) is 9.59 Å². The number of aliphatic imine (C=N–C) groups is 1. The third-order valence-corrected chi connectivity index (χ3v) is 5.93. The van der Waals surface area contributed by atoms with Gasteiger partial charge in [-0.15, -0.1) is 0 Å². The van der Waals surface area contributed by atoms with Crippen molar-refractivity contribution in [3.05, 3.63) is 106 Å². The van der Waals surface area contributed by atoms with Gasteiger partial charge in [0.2, 0.25) is 5.56 Å². The van der Waals surface area contributed by atoms with Crippen molar-refractivity contribution in [3.63, 3.8) is 0 Å². The average molecular weight is 411 g/mol. The van der Waals surface area contributed by atoms with Crippen molar-refractivity contribution in [3.8, 4) is 0 Å². The van der Waals surface area contributed by atoms with Crippen molar-refractivity contribution in [2.45, 2.75) is 5.75 Å². The number of amidine groups is 1. The SMILES string of the molecule is O=C(c1cc(=O)[nH]c2ccccc12)N1C(=Nc2ccccc2)SCc2ccccc21. The zero-order chi connectivity index (χ0) is 20.5. The van der Waals surface area contributed by atoms with Crippen LogP contribution in [0.3, 0.4) is 0 Å². The van der Waals surface area contributed by atoms with E-state index in [4.69, 9.17) is 4.99 Å². The van der Waals surface area contributed by atoms with Crippen molar-refractivity contribution in [2.75, 3.05) is 4.90 Å². The topological polar surface area (TPSA) is 65.5 Å². The van der Waals surface area contributed by atoms with E-state index in [0.29, 0.717) is 21.6 Å². The van der Waals surface area contributed by atoms with Crippen LogP contribution >= 0.6 is 11.8 Å². The number of anilines is 1. The molecule has 1 N–H and O–H groups in total. The highest BCUT2D eigenvalue weighted by Gasteiger charge is 2.30. The molecule has 2 heterocycles. The maximum atomic E-state index is 13.8. The first-order chi connectivity index (χ1) is 14.7. The van der Waals surface area contributed by atoms with E-state index < -0.39 is 0 Å². The fourth-order valence-electron chi connectivity index (χ4n) is 3.55. The number of nitrogens with one attached hydrogen (secondary N) is 1. The van der Waals surface area contributed by atoms with Gasteiger partial charge < -0.3 is 4.98 Å². The predicted octanol–water partition coefficient (Wildman–Crippen LogP) is 5.11. The normalized spacial score (nSPS) is 14.7. The van der Waals surface area contributed by atoms with Crippen LogP contribution in [0.25, 0.3) is 10.9 Å². The standard InChI is InChI=1S/C24H17N3O2S/c28-22-14-19(18-11-5-6-12-20(18)26-22)23(29)27-21-13-7-4-8-16(21)15-30-24(27)25-17-9-2-1-3-10-17/h1-14H,15H2,(H,26,28). The fraction of sp³-hybridized carbons (Fsp3) is 0.0417. The Bertz CT molecular complexity index is 1350. The minimum atomic E-state index is -0.309. The van der Waals surface area contributed by atoms with Crippen molar-refractivity contribution in [1.82, 2.24) is 4.98 Å². The molecule has 0 spiro atoms. The second kappa shape index (κ2) is 7.65. The summed E-state index contributed by atoms with van der Waals surface area (Å²) < 4.78 is 0. The van der Waals surface area contributed by atoms with Gasteiger partial charge in [0, 0.05) is 22.7 Å². The van der Waals surface area contributed by atoms with Crippen molar-refractivity contribution < 1.29 is 4.79 Å². The lowest BCUT2D eigenvalue weighted by Crippen LogP contribution is -2.38. The molecule has 1 aromatic heterocycles. The van der Waals surface area contributed by atoms with Crippen LogP contribution in [0.4, 0.5) is 11.4 Å². The summed E-state index contributed by atoms with van der Waals surface area (Å²) in [5, 5.41) is 1.29. The Morgan fingerprint density at radius 3 is 2.53 bits per heavy atom. The lowest BCUT2D eigenvalue weighted by atomic mass is 10.1. The number of aromatic amines is 1. The number of nitrogens with zero attached hydrogens (tertiary/aromatic N) is 2. The number of rotatable bonds is 2. The van der Waals surface area contributed by atoms with Gasteiger partial charge in [-0.3, -0.25) is 14.5 Å². The summed E-state index contributed by atoms with van der Waals surface area (Å²) in [5.74, 6) is 0.452. The lowest BCUT2D eigenvalue weighted by Gasteiger charge is -2.30. The molecule has 0 saturated heterocycles. The Morgan fingerprint density at radius 2 is 1.67 bits per heavy atom. The van der Waals surface area contributed by atoms with Crippen molar-refractivity contribution in [2.24, 2.45) is 4.99 Å². The number of aromatic nitrogens is 1. The maximum Gasteiger partial charge on any atom is 0.265 e. The number of H-pyrrole nitrogens is 1. The Morgan fingerprint density at radius 1 is 0.933 bits per heavy atom. The predicted molar refractivity (Wildman–Crippen MR) is 123 cm³/mol. The third-order valence-electron chi connectivity index (χ3n) is 4.95. The first-order valence-electron chi connectivity index (χ1n) is 9.52.